The van der Waals surface area contributed by atoms with Crippen LogP contribution in [-0.2, 0) is 0 Å². The first-order valence-electron chi connectivity index (χ1n) is 7.28. The van der Waals surface area contributed by atoms with Gasteiger partial charge in [-0.05, 0) is 55.5 Å². The highest BCUT2D eigenvalue weighted by atomic mass is 16.4. The van der Waals surface area contributed by atoms with Crippen molar-refractivity contribution in [2.45, 2.75) is 31.7 Å². The van der Waals surface area contributed by atoms with Gasteiger partial charge in [0.15, 0.2) is 0 Å². The van der Waals surface area contributed by atoms with Crippen LogP contribution in [0.5, 0.6) is 0 Å². The molecule has 0 unspecified atom stereocenters. The van der Waals surface area contributed by atoms with Crippen molar-refractivity contribution in [1.29, 1.82) is 0 Å². The molecule has 108 valence electrons. The fraction of sp³-hybridized carbons (Fsp3) is 0.278. The lowest BCUT2D eigenvalue weighted by molar-refractivity contribution is 0.0697. The van der Waals surface area contributed by atoms with Crippen molar-refractivity contribution in [3.8, 4) is 0 Å². The van der Waals surface area contributed by atoms with Crippen LogP contribution in [0.15, 0.2) is 48.5 Å². The molecule has 2 N–H and O–H groups in total. The number of carboxylic acids is 1. The number of benzene rings is 2. The van der Waals surface area contributed by atoms with Crippen LogP contribution in [0.1, 0.15) is 40.2 Å². The van der Waals surface area contributed by atoms with Gasteiger partial charge < -0.3 is 10.4 Å². The smallest absolute Gasteiger partial charge is 0.335 e. The van der Waals surface area contributed by atoms with E-state index in [1.165, 1.54) is 11.1 Å². The third kappa shape index (κ3) is 3.07. The average Bonchev–Trinajstić information content (AvgIpc) is 2.43. The highest BCUT2D eigenvalue weighted by Gasteiger charge is 2.30. The second kappa shape index (κ2) is 5.60. The molecule has 0 radical (unpaired) electrons. The number of hydrogen-bond acceptors (Lipinski definition) is 2. The third-order valence-electron chi connectivity index (χ3n) is 4.15. The van der Waals surface area contributed by atoms with Crippen LogP contribution in [0.4, 0.5) is 5.69 Å². The molecule has 0 amide bonds. The van der Waals surface area contributed by atoms with Crippen LogP contribution in [0.3, 0.4) is 0 Å². The van der Waals surface area contributed by atoms with E-state index in [-0.39, 0.29) is 0 Å². The minimum absolute atomic E-state index is 0.326. The number of anilines is 1. The highest BCUT2D eigenvalue weighted by molar-refractivity contribution is 5.88. The molecular formula is C18H19NO2. The monoisotopic (exact) mass is 281 g/mol. The van der Waals surface area contributed by atoms with E-state index in [1.807, 2.05) is 12.1 Å². The fourth-order valence-electron chi connectivity index (χ4n) is 2.88. The first-order chi connectivity index (χ1) is 10.1. The molecule has 2 aromatic carbocycles. The minimum atomic E-state index is -0.885. The Kier molecular flexibility index (Phi) is 3.65. The Morgan fingerprint density at radius 3 is 2.48 bits per heavy atom. The van der Waals surface area contributed by atoms with Crippen LogP contribution in [-0.4, -0.2) is 17.1 Å². The van der Waals surface area contributed by atoms with E-state index in [0.29, 0.717) is 17.5 Å². The van der Waals surface area contributed by atoms with E-state index >= 15 is 0 Å². The largest absolute Gasteiger partial charge is 0.478 e. The molecule has 0 aromatic heterocycles. The molecule has 0 aliphatic heterocycles. The number of carboxylic acid groups (broad SMARTS) is 1. The molecule has 1 saturated carbocycles. The van der Waals surface area contributed by atoms with Gasteiger partial charge >= 0.3 is 5.97 Å². The van der Waals surface area contributed by atoms with Gasteiger partial charge in [-0.3, -0.25) is 0 Å². The SMILES string of the molecule is Cc1cccc(C2CC(Nc3ccc(C(=O)O)cc3)C2)c1. The van der Waals surface area contributed by atoms with Gasteiger partial charge in [0.25, 0.3) is 0 Å². The summed E-state index contributed by atoms with van der Waals surface area (Å²) in [5, 5.41) is 12.3. The van der Waals surface area contributed by atoms with Gasteiger partial charge in [-0.2, -0.15) is 0 Å². The predicted octanol–water partition coefficient (Wildman–Crippen LogP) is 4.05. The molecule has 1 fully saturated rings. The maximum atomic E-state index is 10.8. The summed E-state index contributed by atoms with van der Waals surface area (Å²) in [6.07, 6.45) is 2.26. The van der Waals surface area contributed by atoms with E-state index in [1.54, 1.807) is 12.1 Å². The summed E-state index contributed by atoms with van der Waals surface area (Å²) < 4.78 is 0. The Balaban J connectivity index is 1.56. The lowest BCUT2D eigenvalue weighted by Gasteiger charge is -2.37. The lowest BCUT2D eigenvalue weighted by atomic mass is 9.75. The van der Waals surface area contributed by atoms with Crippen LogP contribution in [0.25, 0.3) is 0 Å². The zero-order valence-electron chi connectivity index (χ0n) is 12.0. The molecule has 1 aliphatic rings. The van der Waals surface area contributed by atoms with Gasteiger partial charge in [0.2, 0.25) is 0 Å². The maximum Gasteiger partial charge on any atom is 0.335 e. The molecule has 3 nitrogen and oxygen atoms in total. The Morgan fingerprint density at radius 2 is 1.86 bits per heavy atom. The van der Waals surface area contributed by atoms with Crippen molar-refractivity contribution < 1.29 is 9.90 Å². The summed E-state index contributed by atoms with van der Waals surface area (Å²) in [4.78, 5) is 10.8. The van der Waals surface area contributed by atoms with Crippen LogP contribution in [0.2, 0.25) is 0 Å². The number of nitrogens with one attached hydrogen (secondary N) is 1. The number of hydrogen-bond donors (Lipinski definition) is 2. The number of carbonyl (C=O) groups is 1. The van der Waals surface area contributed by atoms with Gasteiger partial charge in [0.1, 0.15) is 0 Å². The van der Waals surface area contributed by atoms with E-state index in [4.69, 9.17) is 5.11 Å². The summed E-state index contributed by atoms with van der Waals surface area (Å²) in [5.74, 6) is -0.245. The van der Waals surface area contributed by atoms with Crippen LogP contribution < -0.4 is 5.32 Å². The quantitative estimate of drug-likeness (QED) is 0.888. The fourth-order valence-corrected chi connectivity index (χ4v) is 2.88. The second-order valence-electron chi connectivity index (χ2n) is 5.81. The van der Waals surface area contributed by atoms with Gasteiger partial charge in [0.05, 0.1) is 5.56 Å². The molecular weight excluding hydrogens is 262 g/mol. The second-order valence-corrected chi connectivity index (χ2v) is 5.81. The van der Waals surface area contributed by atoms with Gasteiger partial charge in [-0.1, -0.05) is 29.8 Å². The lowest BCUT2D eigenvalue weighted by Crippen LogP contribution is -2.34. The number of rotatable bonds is 4. The van der Waals surface area contributed by atoms with Crippen molar-refractivity contribution >= 4 is 11.7 Å². The zero-order valence-corrected chi connectivity index (χ0v) is 12.0. The molecule has 0 spiro atoms. The standard InChI is InChI=1S/C18H19NO2/c1-12-3-2-4-14(9-12)15-10-17(11-15)19-16-7-5-13(6-8-16)18(20)21/h2-9,15,17,19H,10-11H2,1H3,(H,20,21). The van der Waals surface area contributed by atoms with Crippen molar-refractivity contribution in [1.82, 2.24) is 0 Å². The van der Waals surface area contributed by atoms with E-state index in [2.05, 4.69) is 36.5 Å². The Morgan fingerprint density at radius 1 is 1.14 bits per heavy atom. The molecule has 0 atom stereocenters. The maximum absolute atomic E-state index is 10.8. The van der Waals surface area contributed by atoms with Gasteiger partial charge in [-0.25, -0.2) is 4.79 Å². The molecule has 0 heterocycles. The van der Waals surface area contributed by atoms with Gasteiger partial charge in [-0.15, -0.1) is 0 Å². The van der Waals surface area contributed by atoms with E-state index in [9.17, 15) is 4.79 Å². The van der Waals surface area contributed by atoms with Crippen LogP contribution >= 0.6 is 0 Å². The molecule has 3 rings (SSSR count). The molecule has 2 aromatic rings. The summed E-state index contributed by atoms with van der Waals surface area (Å²) in [6.45, 7) is 2.13. The summed E-state index contributed by atoms with van der Waals surface area (Å²) >= 11 is 0. The predicted molar refractivity (Wildman–Crippen MR) is 84.0 cm³/mol. The number of aromatic carboxylic acids is 1. The van der Waals surface area contributed by atoms with Gasteiger partial charge in [0, 0.05) is 11.7 Å². The highest BCUT2D eigenvalue weighted by Crippen LogP contribution is 2.38. The molecule has 1 aliphatic carbocycles. The molecule has 0 bridgehead atoms. The average molecular weight is 281 g/mol. The first-order valence-corrected chi connectivity index (χ1v) is 7.28. The number of aryl methyl sites for hydroxylation is 1. The van der Waals surface area contributed by atoms with Crippen molar-refractivity contribution in [2.24, 2.45) is 0 Å². The Hall–Kier alpha value is -2.29. The van der Waals surface area contributed by atoms with Crippen molar-refractivity contribution in [3.05, 3.63) is 65.2 Å². The minimum Gasteiger partial charge on any atom is -0.478 e. The van der Waals surface area contributed by atoms with E-state index < -0.39 is 5.97 Å². The Bertz CT molecular complexity index is 643. The summed E-state index contributed by atoms with van der Waals surface area (Å²) in [6, 6.07) is 16.2. The zero-order chi connectivity index (χ0) is 14.8. The van der Waals surface area contributed by atoms with Crippen molar-refractivity contribution in [2.75, 3.05) is 5.32 Å². The normalized spacial score (nSPS) is 20.6. The Labute approximate surface area is 124 Å². The molecule has 3 heteroatoms. The summed E-state index contributed by atoms with van der Waals surface area (Å²) in [5.41, 5.74) is 4.06. The first kappa shape index (κ1) is 13.7. The van der Waals surface area contributed by atoms with E-state index in [0.717, 1.165) is 18.5 Å². The van der Waals surface area contributed by atoms with Crippen molar-refractivity contribution in [3.63, 3.8) is 0 Å². The summed E-state index contributed by atoms with van der Waals surface area (Å²) in [7, 11) is 0. The molecule has 0 saturated heterocycles. The topological polar surface area (TPSA) is 49.3 Å². The molecule has 21 heavy (non-hydrogen) atoms. The third-order valence-corrected chi connectivity index (χ3v) is 4.15. The van der Waals surface area contributed by atoms with Crippen LogP contribution in [0, 0.1) is 6.92 Å².